The highest BCUT2D eigenvalue weighted by molar-refractivity contribution is 6.09. The molecule has 1 spiro atoms. The third-order valence-electron chi connectivity index (χ3n) is 6.24. The highest BCUT2D eigenvalue weighted by Gasteiger charge is 2.71. The lowest BCUT2D eigenvalue weighted by Crippen LogP contribution is -2.60. The van der Waals surface area contributed by atoms with Crippen LogP contribution < -0.4 is 11.1 Å². The lowest BCUT2D eigenvalue weighted by Gasteiger charge is -2.50. The number of carbonyl (C=O) groups excluding carboxylic acids is 1. The first-order valence-corrected chi connectivity index (χ1v) is 8.82. The lowest BCUT2D eigenvalue weighted by molar-refractivity contribution is -0.125. The van der Waals surface area contributed by atoms with Crippen molar-refractivity contribution in [2.75, 3.05) is 5.32 Å². The number of para-hydroxylation sites is 1. The van der Waals surface area contributed by atoms with Gasteiger partial charge in [0.25, 0.3) is 0 Å². The Kier molecular flexibility index (Phi) is 3.42. The molecule has 1 heterocycles. The van der Waals surface area contributed by atoms with E-state index in [1.165, 1.54) is 0 Å². The molecule has 3 N–H and O–H groups in total. The summed E-state index contributed by atoms with van der Waals surface area (Å²) >= 11 is 0. The van der Waals surface area contributed by atoms with Crippen molar-refractivity contribution < 1.29 is 4.79 Å². The summed E-state index contributed by atoms with van der Waals surface area (Å²) < 4.78 is 0. The molecule has 2 aliphatic carbocycles. The number of hydrogen-bond donors (Lipinski definition) is 2. The molecule has 0 unspecified atom stereocenters. The molecule has 0 aromatic heterocycles. The zero-order valence-corrected chi connectivity index (χ0v) is 14.8. The van der Waals surface area contributed by atoms with E-state index in [-0.39, 0.29) is 17.2 Å². The molecular weight excluding hydrogens is 338 g/mol. The van der Waals surface area contributed by atoms with Gasteiger partial charge in [-0.05, 0) is 36.0 Å². The molecule has 1 aliphatic heterocycles. The molecule has 0 fully saturated rings. The summed E-state index contributed by atoms with van der Waals surface area (Å²) in [6.07, 6.45) is 3.30. The van der Waals surface area contributed by atoms with Crippen molar-refractivity contribution in [3.8, 4) is 18.2 Å². The molecule has 27 heavy (non-hydrogen) atoms. The van der Waals surface area contributed by atoms with E-state index in [0.717, 1.165) is 6.42 Å². The Morgan fingerprint density at radius 3 is 2.59 bits per heavy atom. The van der Waals surface area contributed by atoms with E-state index in [2.05, 4.69) is 18.3 Å². The molecule has 132 valence electrons. The molecule has 0 saturated heterocycles. The van der Waals surface area contributed by atoms with E-state index >= 15 is 0 Å². The van der Waals surface area contributed by atoms with Crippen molar-refractivity contribution >= 4 is 11.6 Å². The summed E-state index contributed by atoms with van der Waals surface area (Å²) in [7, 11) is 0. The Bertz CT molecular complexity index is 1050. The van der Waals surface area contributed by atoms with Crippen LogP contribution in [0.5, 0.6) is 0 Å². The fraction of sp³-hybridized carbons (Fsp3) is 0.333. The number of rotatable bonds is 0. The SMILES string of the molecule is C[C@@H]1CC=C2C(C#N)=C(N)C(C#N)(C#N)[C@]3(C(=O)Nc4ccccc43)[C@H]2C1. The van der Waals surface area contributed by atoms with Crippen LogP contribution >= 0.6 is 0 Å². The first-order chi connectivity index (χ1) is 13.0. The van der Waals surface area contributed by atoms with Crippen molar-refractivity contribution in [3.63, 3.8) is 0 Å². The van der Waals surface area contributed by atoms with E-state index in [4.69, 9.17) is 5.73 Å². The minimum atomic E-state index is -1.95. The highest BCUT2D eigenvalue weighted by atomic mass is 16.2. The van der Waals surface area contributed by atoms with Crippen LogP contribution in [0.2, 0.25) is 0 Å². The number of anilines is 1. The topological polar surface area (TPSA) is 126 Å². The number of benzene rings is 1. The standard InChI is InChI=1S/C21H17N5O/c1-12-6-7-13-14(9-22)18(25)20(10-23,11-24)21(16(13)8-12)15-4-2-3-5-17(15)26-19(21)27/h2-5,7,12,16H,6,8,25H2,1H3,(H,26,27)/t12-,16+,21+/m1/s1. The molecular formula is C21H17N5O. The molecule has 0 saturated carbocycles. The van der Waals surface area contributed by atoms with Gasteiger partial charge in [0.2, 0.25) is 11.3 Å². The van der Waals surface area contributed by atoms with Crippen molar-refractivity contribution in [3.05, 3.63) is 52.7 Å². The highest BCUT2D eigenvalue weighted by Crippen LogP contribution is 2.63. The average Bonchev–Trinajstić information content (AvgIpc) is 2.97. The number of hydrogen-bond acceptors (Lipinski definition) is 5. The Hall–Kier alpha value is -3.56. The van der Waals surface area contributed by atoms with Gasteiger partial charge in [0.15, 0.2) is 0 Å². The van der Waals surface area contributed by atoms with E-state index in [1.54, 1.807) is 24.3 Å². The third kappa shape index (κ3) is 1.74. The number of nitrogens with zero attached hydrogens (tertiary/aromatic N) is 3. The molecule has 0 bridgehead atoms. The van der Waals surface area contributed by atoms with Gasteiger partial charge in [0.1, 0.15) is 11.5 Å². The Morgan fingerprint density at radius 2 is 1.93 bits per heavy atom. The number of nitrogens with two attached hydrogens (primary N) is 1. The van der Waals surface area contributed by atoms with E-state index in [0.29, 0.717) is 23.2 Å². The van der Waals surface area contributed by atoms with Crippen molar-refractivity contribution in [2.45, 2.75) is 25.2 Å². The van der Waals surface area contributed by atoms with Gasteiger partial charge in [0, 0.05) is 11.6 Å². The van der Waals surface area contributed by atoms with Crippen LogP contribution in [-0.4, -0.2) is 5.91 Å². The summed E-state index contributed by atoms with van der Waals surface area (Å²) in [5.74, 6) is -0.617. The molecule has 1 aromatic rings. The van der Waals surface area contributed by atoms with Crippen molar-refractivity contribution in [1.82, 2.24) is 0 Å². The Labute approximate surface area is 157 Å². The number of fused-ring (bicyclic) bond motifs is 4. The van der Waals surface area contributed by atoms with Gasteiger partial charge < -0.3 is 11.1 Å². The molecule has 1 aromatic carbocycles. The van der Waals surface area contributed by atoms with Crippen molar-refractivity contribution in [1.29, 1.82) is 15.8 Å². The van der Waals surface area contributed by atoms with Crippen LogP contribution in [-0.2, 0) is 10.2 Å². The van der Waals surface area contributed by atoms with Crippen LogP contribution in [0.4, 0.5) is 5.69 Å². The summed E-state index contributed by atoms with van der Waals surface area (Å²) in [4.78, 5) is 13.4. The normalized spacial score (nSPS) is 30.3. The van der Waals surface area contributed by atoms with Gasteiger partial charge in [-0.25, -0.2) is 0 Å². The fourth-order valence-electron chi connectivity index (χ4n) is 5.04. The van der Waals surface area contributed by atoms with Crippen LogP contribution in [0.15, 0.2) is 47.2 Å². The molecule has 4 rings (SSSR count). The van der Waals surface area contributed by atoms with E-state index in [9.17, 15) is 20.6 Å². The third-order valence-corrected chi connectivity index (χ3v) is 6.24. The number of allylic oxidation sites excluding steroid dienone is 4. The summed E-state index contributed by atoms with van der Waals surface area (Å²) in [5.41, 5.74) is 4.78. The molecule has 3 aliphatic rings. The van der Waals surface area contributed by atoms with Gasteiger partial charge in [-0.2, -0.15) is 15.8 Å². The van der Waals surface area contributed by atoms with Crippen LogP contribution in [0.25, 0.3) is 0 Å². The zero-order chi connectivity index (χ0) is 19.4. The second-order valence-electron chi connectivity index (χ2n) is 7.47. The van der Waals surface area contributed by atoms with Gasteiger partial charge in [0.05, 0.1) is 23.4 Å². The quantitative estimate of drug-likeness (QED) is 0.739. The molecule has 6 nitrogen and oxygen atoms in total. The second-order valence-corrected chi connectivity index (χ2v) is 7.47. The maximum Gasteiger partial charge on any atom is 0.238 e. The van der Waals surface area contributed by atoms with Gasteiger partial charge in [-0.15, -0.1) is 0 Å². The van der Waals surface area contributed by atoms with Gasteiger partial charge in [-0.1, -0.05) is 31.2 Å². The maximum absolute atomic E-state index is 13.4. The summed E-state index contributed by atoms with van der Waals surface area (Å²) in [6, 6.07) is 13.3. The number of carbonyl (C=O) groups is 1. The first kappa shape index (κ1) is 16.9. The number of nitriles is 3. The lowest BCUT2D eigenvalue weighted by atomic mass is 9.47. The Balaban J connectivity index is 2.20. The second kappa shape index (κ2) is 5.47. The average molecular weight is 355 g/mol. The predicted molar refractivity (Wildman–Crippen MR) is 97.2 cm³/mol. The summed E-state index contributed by atoms with van der Waals surface area (Å²) in [5, 5.41) is 32.9. The zero-order valence-electron chi connectivity index (χ0n) is 14.8. The minimum absolute atomic E-state index is 0.126. The monoisotopic (exact) mass is 355 g/mol. The molecule has 6 heteroatoms. The predicted octanol–water partition coefficient (Wildman–Crippen LogP) is 2.63. The van der Waals surface area contributed by atoms with E-state index in [1.807, 2.05) is 18.2 Å². The number of nitrogens with one attached hydrogen (secondary N) is 1. The van der Waals surface area contributed by atoms with Gasteiger partial charge >= 0.3 is 0 Å². The largest absolute Gasteiger partial charge is 0.399 e. The fourth-order valence-corrected chi connectivity index (χ4v) is 5.04. The number of amides is 1. The molecule has 3 atom stereocenters. The maximum atomic E-state index is 13.4. The van der Waals surface area contributed by atoms with Crippen molar-refractivity contribution in [2.24, 2.45) is 23.0 Å². The Morgan fingerprint density at radius 1 is 1.22 bits per heavy atom. The first-order valence-electron chi connectivity index (χ1n) is 8.82. The van der Waals surface area contributed by atoms with Crippen LogP contribution in [0.3, 0.4) is 0 Å². The van der Waals surface area contributed by atoms with Crippen LogP contribution in [0.1, 0.15) is 25.3 Å². The molecule has 1 amide bonds. The minimum Gasteiger partial charge on any atom is -0.399 e. The van der Waals surface area contributed by atoms with Crippen LogP contribution in [0, 0.1) is 51.2 Å². The molecule has 0 radical (unpaired) electrons. The van der Waals surface area contributed by atoms with E-state index < -0.39 is 22.7 Å². The summed E-state index contributed by atoms with van der Waals surface area (Å²) in [6.45, 7) is 2.06. The van der Waals surface area contributed by atoms with Gasteiger partial charge in [-0.3, -0.25) is 4.79 Å². The smallest absolute Gasteiger partial charge is 0.238 e.